The van der Waals surface area contributed by atoms with Crippen LogP contribution in [0.15, 0.2) is 42.5 Å². The smallest absolute Gasteiger partial charge is 0.490 e. The van der Waals surface area contributed by atoms with Gasteiger partial charge in [-0.1, -0.05) is 0 Å². The lowest BCUT2D eigenvalue weighted by atomic mass is 9.86. The summed E-state index contributed by atoms with van der Waals surface area (Å²) in [5.41, 5.74) is 3.89. The van der Waals surface area contributed by atoms with E-state index in [2.05, 4.69) is 27.3 Å². The van der Waals surface area contributed by atoms with Crippen LogP contribution in [-0.2, 0) is 16.8 Å². The highest BCUT2D eigenvalue weighted by molar-refractivity contribution is 5.87. The van der Waals surface area contributed by atoms with Crippen molar-refractivity contribution in [2.24, 2.45) is 0 Å². The van der Waals surface area contributed by atoms with E-state index in [1.807, 2.05) is 6.07 Å². The number of ether oxygens (including phenoxy) is 2. The number of halogens is 4. The van der Waals surface area contributed by atoms with Crippen LogP contribution in [0.25, 0.3) is 10.9 Å². The van der Waals surface area contributed by atoms with Crippen LogP contribution >= 0.6 is 0 Å². The number of nitrogens with one attached hydrogen (secondary N) is 2. The maximum Gasteiger partial charge on any atom is 0.490 e. The normalized spacial score (nSPS) is 19.6. The van der Waals surface area contributed by atoms with Gasteiger partial charge in [0, 0.05) is 42.8 Å². The number of nitrogens with zero attached hydrogens (tertiary/aromatic N) is 1. The number of carboxylic acid groups (broad SMARTS) is 1. The average molecular weight is 510 g/mol. The van der Waals surface area contributed by atoms with E-state index in [1.54, 1.807) is 19.2 Å². The Morgan fingerprint density at radius 3 is 2.53 bits per heavy atom. The number of aromatic amines is 1. The number of fused-ring (bicyclic) bond motifs is 4. The Balaban J connectivity index is 0.000000384. The predicted molar refractivity (Wildman–Crippen MR) is 125 cm³/mol. The van der Waals surface area contributed by atoms with E-state index in [0.717, 1.165) is 44.8 Å². The average Bonchev–Trinajstić information content (AvgIpc) is 3.42. The first-order chi connectivity index (χ1) is 17.1. The second-order valence-corrected chi connectivity index (χ2v) is 8.78. The molecule has 1 aromatic heterocycles. The topological polar surface area (TPSA) is 86.8 Å². The van der Waals surface area contributed by atoms with Crippen LogP contribution in [0, 0.1) is 5.82 Å². The third-order valence-electron chi connectivity index (χ3n) is 6.51. The summed E-state index contributed by atoms with van der Waals surface area (Å²) in [6, 6.07) is 12.5. The predicted octanol–water partition coefficient (Wildman–Crippen LogP) is 4.07. The molecule has 0 saturated carbocycles. The summed E-state index contributed by atoms with van der Waals surface area (Å²) in [6.45, 7) is 4.41. The quantitative estimate of drug-likeness (QED) is 0.450. The molecule has 36 heavy (non-hydrogen) atoms. The molecule has 194 valence electrons. The van der Waals surface area contributed by atoms with Crippen molar-refractivity contribution in [3.63, 3.8) is 0 Å². The number of hydrogen-bond acceptors (Lipinski definition) is 5. The van der Waals surface area contributed by atoms with E-state index in [4.69, 9.17) is 19.4 Å². The van der Waals surface area contributed by atoms with Gasteiger partial charge in [-0.05, 0) is 60.9 Å². The molecule has 1 spiro atoms. The SMILES string of the molecule is COc1ccc2[nH]c3c(c2c1)CCNC31CCN(CCOc2ccc(F)cc2)C1.O=C(O)C(F)(F)F. The Morgan fingerprint density at radius 1 is 1.17 bits per heavy atom. The Hall–Kier alpha value is -3.31. The van der Waals surface area contributed by atoms with Gasteiger partial charge < -0.3 is 24.9 Å². The number of alkyl halides is 3. The van der Waals surface area contributed by atoms with Gasteiger partial charge in [0.25, 0.3) is 0 Å². The van der Waals surface area contributed by atoms with Gasteiger partial charge in [0.1, 0.15) is 23.9 Å². The number of benzene rings is 2. The molecule has 5 rings (SSSR count). The number of aromatic nitrogens is 1. The molecule has 1 atom stereocenters. The largest absolute Gasteiger partial charge is 0.497 e. The highest BCUT2D eigenvalue weighted by atomic mass is 19.4. The van der Waals surface area contributed by atoms with Crippen molar-refractivity contribution in [3.05, 3.63) is 59.5 Å². The fourth-order valence-electron chi connectivity index (χ4n) is 4.79. The van der Waals surface area contributed by atoms with Gasteiger partial charge in [-0.15, -0.1) is 0 Å². The lowest BCUT2D eigenvalue weighted by Crippen LogP contribution is -2.49. The second kappa shape index (κ2) is 10.4. The van der Waals surface area contributed by atoms with E-state index in [0.29, 0.717) is 12.4 Å². The van der Waals surface area contributed by atoms with Crippen LogP contribution in [0.4, 0.5) is 17.6 Å². The first-order valence-electron chi connectivity index (χ1n) is 11.5. The summed E-state index contributed by atoms with van der Waals surface area (Å²) in [7, 11) is 1.71. The Bertz CT molecular complexity index is 1210. The van der Waals surface area contributed by atoms with Crippen molar-refractivity contribution in [2.75, 3.05) is 39.9 Å². The van der Waals surface area contributed by atoms with Crippen LogP contribution in [0.1, 0.15) is 17.7 Å². The zero-order valence-corrected chi connectivity index (χ0v) is 19.6. The number of aliphatic carboxylic acids is 1. The van der Waals surface area contributed by atoms with Crippen molar-refractivity contribution in [2.45, 2.75) is 24.6 Å². The summed E-state index contributed by atoms with van der Waals surface area (Å²) in [6.07, 6.45) is -2.99. The molecule has 1 saturated heterocycles. The molecule has 3 heterocycles. The number of likely N-dealkylation sites (tertiary alicyclic amines) is 1. The lowest BCUT2D eigenvalue weighted by molar-refractivity contribution is -0.192. The molecule has 2 aromatic carbocycles. The van der Waals surface area contributed by atoms with Gasteiger partial charge in [0.05, 0.1) is 12.6 Å². The second-order valence-electron chi connectivity index (χ2n) is 8.78. The van der Waals surface area contributed by atoms with Crippen molar-refractivity contribution < 1.29 is 36.9 Å². The number of carboxylic acids is 1. The van der Waals surface area contributed by atoms with Crippen molar-refractivity contribution >= 4 is 16.9 Å². The molecular weight excluding hydrogens is 482 g/mol. The van der Waals surface area contributed by atoms with E-state index >= 15 is 0 Å². The molecule has 3 N–H and O–H groups in total. The minimum absolute atomic E-state index is 0.0320. The van der Waals surface area contributed by atoms with Gasteiger partial charge in [-0.25, -0.2) is 9.18 Å². The van der Waals surface area contributed by atoms with Gasteiger partial charge in [-0.3, -0.25) is 4.90 Å². The van der Waals surface area contributed by atoms with Crippen molar-refractivity contribution in [1.82, 2.24) is 15.2 Å². The fraction of sp³-hybridized carbons (Fsp3) is 0.400. The molecule has 2 aliphatic rings. The molecule has 0 bridgehead atoms. The lowest BCUT2D eigenvalue weighted by Gasteiger charge is -2.35. The first kappa shape index (κ1) is 25.8. The molecule has 1 fully saturated rings. The maximum absolute atomic E-state index is 13.0. The molecule has 7 nitrogen and oxygen atoms in total. The third kappa shape index (κ3) is 5.57. The standard InChI is InChI=1S/C23H26FN3O2.C2HF3O2/c1-28-18-6-7-21-20(14-18)19-8-10-25-23(22(19)26-21)9-11-27(15-23)12-13-29-17-4-2-16(24)3-5-17;3-2(4,5)1(6)7/h2-7,14,25-26H,8-13,15H2,1H3;(H,6,7). The highest BCUT2D eigenvalue weighted by Crippen LogP contribution is 2.40. The molecule has 1 unspecified atom stereocenters. The monoisotopic (exact) mass is 509 g/mol. The summed E-state index contributed by atoms with van der Waals surface area (Å²) in [4.78, 5) is 15.0. The van der Waals surface area contributed by atoms with Gasteiger partial charge in [0.2, 0.25) is 0 Å². The molecule has 0 radical (unpaired) electrons. The van der Waals surface area contributed by atoms with E-state index in [1.165, 1.54) is 34.3 Å². The van der Waals surface area contributed by atoms with Crippen LogP contribution in [0.5, 0.6) is 11.5 Å². The number of carbonyl (C=O) groups is 1. The van der Waals surface area contributed by atoms with Crippen LogP contribution in [0.3, 0.4) is 0 Å². The van der Waals surface area contributed by atoms with Crippen LogP contribution in [0.2, 0.25) is 0 Å². The fourth-order valence-corrected chi connectivity index (χ4v) is 4.79. The minimum Gasteiger partial charge on any atom is -0.497 e. The van der Waals surface area contributed by atoms with E-state index in [-0.39, 0.29) is 11.4 Å². The van der Waals surface area contributed by atoms with E-state index in [9.17, 15) is 17.6 Å². The molecule has 3 aromatic rings. The summed E-state index contributed by atoms with van der Waals surface area (Å²) in [5, 5.41) is 12.2. The number of H-pyrrole nitrogens is 1. The van der Waals surface area contributed by atoms with Crippen molar-refractivity contribution in [3.8, 4) is 11.5 Å². The van der Waals surface area contributed by atoms with Gasteiger partial charge in [0.15, 0.2) is 0 Å². The number of methoxy groups -OCH3 is 1. The Labute approximate surface area is 205 Å². The Morgan fingerprint density at radius 2 is 1.86 bits per heavy atom. The number of hydrogen-bond donors (Lipinski definition) is 3. The summed E-state index contributed by atoms with van der Waals surface area (Å²) in [5.74, 6) is -1.39. The highest BCUT2D eigenvalue weighted by Gasteiger charge is 2.44. The summed E-state index contributed by atoms with van der Waals surface area (Å²) < 4.78 is 56.0. The maximum atomic E-state index is 13.0. The first-order valence-corrected chi connectivity index (χ1v) is 11.5. The molecular formula is C25H27F4N3O4. The minimum atomic E-state index is -5.08. The van der Waals surface area contributed by atoms with Crippen molar-refractivity contribution in [1.29, 1.82) is 0 Å². The van der Waals surface area contributed by atoms with Gasteiger partial charge in [-0.2, -0.15) is 13.2 Å². The summed E-state index contributed by atoms with van der Waals surface area (Å²) >= 11 is 0. The van der Waals surface area contributed by atoms with E-state index < -0.39 is 12.1 Å². The third-order valence-corrected chi connectivity index (χ3v) is 6.51. The van der Waals surface area contributed by atoms with Crippen LogP contribution < -0.4 is 14.8 Å². The number of rotatable bonds is 5. The zero-order chi connectivity index (χ0) is 25.9. The van der Waals surface area contributed by atoms with Gasteiger partial charge >= 0.3 is 12.1 Å². The molecule has 11 heteroatoms. The Kier molecular flexibility index (Phi) is 7.41. The molecule has 0 aliphatic carbocycles. The molecule has 0 amide bonds. The van der Waals surface area contributed by atoms with Crippen LogP contribution in [-0.4, -0.2) is 67.0 Å². The zero-order valence-electron chi connectivity index (χ0n) is 19.6. The molecule has 2 aliphatic heterocycles.